The van der Waals surface area contributed by atoms with Crippen LogP contribution < -0.4 is 15.4 Å². The van der Waals surface area contributed by atoms with Crippen molar-refractivity contribution >= 4 is 11.7 Å². The first-order valence-corrected chi connectivity index (χ1v) is 6.58. The average Bonchev–Trinajstić information content (AvgIpc) is 2.41. The van der Waals surface area contributed by atoms with Crippen LogP contribution in [0.15, 0.2) is 30.5 Å². The van der Waals surface area contributed by atoms with Crippen molar-refractivity contribution in [1.29, 1.82) is 0 Å². The molecule has 0 saturated carbocycles. The van der Waals surface area contributed by atoms with Crippen molar-refractivity contribution in [2.75, 3.05) is 25.0 Å². The molecule has 0 unspecified atom stereocenters. The SMILES string of the molecule is CCOc1ccnc(NCCNC(=O)/C=C/C(C)(F)F)c1. The van der Waals surface area contributed by atoms with E-state index in [-0.39, 0.29) is 0 Å². The molecule has 0 saturated heterocycles. The molecule has 7 heteroatoms. The van der Waals surface area contributed by atoms with E-state index in [9.17, 15) is 13.6 Å². The van der Waals surface area contributed by atoms with Crippen molar-refractivity contribution in [3.63, 3.8) is 0 Å². The lowest BCUT2D eigenvalue weighted by Gasteiger charge is -2.08. The number of ether oxygens (including phenoxy) is 1. The third kappa shape index (κ3) is 7.86. The van der Waals surface area contributed by atoms with Crippen molar-refractivity contribution in [3.8, 4) is 5.75 Å². The van der Waals surface area contributed by atoms with Crippen LogP contribution in [0.4, 0.5) is 14.6 Å². The Hall–Kier alpha value is -2.18. The van der Waals surface area contributed by atoms with Crippen LogP contribution >= 0.6 is 0 Å². The van der Waals surface area contributed by atoms with E-state index in [0.29, 0.717) is 37.3 Å². The number of alkyl halides is 2. The Morgan fingerprint density at radius 3 is 2.90 bits per heavy atom. The van der Waals surface area contributed by atoms with Gasteiger partial charge < -0.3 is 15.4 Å². The smallest absolute Gasteiger partial charge is 0.264 e. The molecule has 1 aromatic heterocycles. The van der Waals surface area contributed by atoms with E-state index < -0.39 is 11.8 Å². The highest BCUT2D eigenvalue weighted by Crippen LogP contribution is 2.14. The van der Waals surface area contributed by atoms with Gasteiger partial charge in [-0.2, -0.15) is 0 Å². The minimum Gasteiger partial charge on any atom is -0.494 e. The van der Waals surface area contributed by atoms with Crippen molar-refractivity contribution in [2.45, 2.75) is 19.8 Å². The maximum atomic E-state index is 12.5. The largest absolute Gasteiger partial charge is 0.494 e. The Labute approximate surface area is 122 Å². The van der Waals surface area contributed by atoms with Gasteiger partial charge in [0.05, 0.1) is 6.61 Å². The lowest BCUT2D eigenvalue weighted by Crippen LogP contribution is -2.27. The molecular weight excluding hydrogens is 280 g/mol. The predicted molar refractivity (Wildman–Crippen MR) is 76.7 cm³/mol. The number of amides is 1. The summed E-state index contributed by atoms with van der Waals surface area (Å²) in [6.45, 7) is 3.88. The number of anilines is 1. The predicted octanol–water partition coefficient (Wildman–Crippen LogP) is 2.22. The lowest BCUT2D eigenvalue weighted by atomic mass is 10.3. The zero-order chi connectivity index (χ0) is 15.7. The zero-order valence-corrected chi connectivity index (χ0v) is 12.0. The van der Waals surface area contributed by atoms with Crippen LogP contribution in [0, 0.1) is 0 Å². The molecule has 0 aliphatic carbocycles. The van der Waals surface area contributed by atoms with Crippen LogP contribution in [0.3, 0.4) is 0 Å². The first-order valence-electron chi connectivity index (χ1n) is 6.58. The summed E-state index contributed by atoms with van der Waals surface area (Å²) >= 11 is 0. The highest BCUT2D eigenvalue weighted by atomic mass is 19.3. The fourth-order valence-corrected chi connectivity index (χ4v) is 1.42. The first kappa shape index (κ1) is 16.9. The van der Waals surface area contributed by atoms with Crippen LogP contribution in [0.25, 0.3) is 0 Å². The highest BCUT2D eigenvalue weighted by Gasteiger charge is 2.15. The fraction of sp³-hybridized carbons (Fsp3) is 0.429. The van der Waals surface area contributed by atoms with E-state index in [1.165, 1.54) is 0 Å². The molecule has 1 heterocycles. The van der Waals surface area contributed by atoms with E-state index in [4.69, 9.17) is 4.74 Å². The molecule has 1 amide bonds. The molecule has 0 fully saturated rings. The van der Waals surface area contributed by atoms with E-state index in [1.54, 1.807) is 18.3 Å². The summed E-state index contributed by atoms with van der Waals surface area (Å²) in [6, 6.07) is 3.48. The molecule has 5 nitrogen and oxygen atoms in total. The van der Waals surface area contributed by atoms with Gasteiger partial charge in [0.25, 0.3) is 5.92 Å². The van der Waals surface area contributed by atoms with Crippen LogP contribution in [-0.4, -0.2) is 36.5 Å². The molecule has 0 bridgehead atoms. The summed E-state index contributed by atoms with van der Waals surface area (Å²) in [5, 5.41) is 5.48. The van der Waals surface area contributed by atoms with Gasteiger partial charge in [-0.25, -0.2) is 13.8 Å². The van der Waals surface area contributed by atoms with Gasteiger partial charge >= 0.3 is 0 Å². The summed E-state index contributed by atoms with van der Waals surface area (Å²) < 4.78 is 30.3. The number of hydrogen-bond donors (Lipinski definition) is 2. The second-order valence-corrected chi connectivity index (χ2v) is 4.32. The number of carbonyl (C=O) groups excluding carboxylic acids is 1. The Kier molecular flexibility index (Phi) is 6.58. The van der Waals surface area contributed by atoms with Gasteiger partial charge in [-0.05, 0) is 19.1 Å². The molecular formula is C14H19F2N3O2. The third-order valence-electron chi connectivity index (χ3n) is 2.30. The molecule has 0 aromatic carbocycles. The molecule has 0 radical (unpaired) electrons. The zero-order valence-electron chi connectivity index (χ0n) is 12.0. The third-order valence-corrected chi connectivity index (χ3v) is 2.30. The molecule has 1 aromatic rings. The number of rotatable bonds is 8. The highest BCUT2D eigenvalue weighted by molar-refractivity contribution is 5.87. The number of nitrogens with one attached hydrogen (secondary N) is 2. The van der Waals surface area contributed by atoms with E-state index >= 15 is 0 Å². The van der Waals surface area contributed by atoms with Gasteiger partial charge in [0, 0.05) is 38.4 Å². The number of nitrogens with zero attached hydrogens (tertiary/aromatic N) is 1. The number of carbonyl (C=O) groups is 1. The molecule has 0 aliphatic heterocycles. The van der Waals surface area contributed by atoms with Crippen molar-refractivity contribution in [3.05, 3.63) is 30.5 Å². The van der Waals surface area contributed by atoms with Gasteiger partial charge in [-0.1, -0.05) is 0 Å². The topological polar surface area (TPSA) is 63.2 Å². The van der Waals surface area contributed by atoms with E-state index in [0.717, 1.165) is 13.0 Å². The van der Waals surface area contributed by atoms with Crippen LogP contribution in [0.1, 0.15) is 13.8 Å². The summed E-state index contributed by atoms with van der Waals surface area (Å²) in [6.07, 6.45) is 2.99. The fourth-order valence-electron chi connectivity index (χ4n) is 1.42. The molecule has 1 rings (SSSR count). The molecule has 116 valence electrons. The normalized spacial score (nSPS) is 11.4. The molecule has 0 spiro atoms. The monoisotopic (exact) mass is 299 g/mol. The number of pyridine rings is 1. The second kappa shape index (κ2) is 8.18. The second-order valence-electron chi connectivity index (χ2n) is 4.32. The standard InChI is InChI=1S/C14H19F2N3O2/c1-3-21-11-5-7-17-12(10-11)18-8-9-19-13(20)4-6-14(2,15)16/h4-7,10H,3,8-9H2,1-2H3,(H,17,18)(H,19,20)/b6-4+. The van der Waals surface area contributed by atoms with Gasteiger partial charge in [-0.3, -0.25) is 4.79 Å². The number of hydrogen-bond acceptors (Lipinski definition) is 4. The molecule has 0 atom stereocenters. The van der Waals surface area contributed by atoms with Gasteiger partial charge in [0.1, 0.15) is 11.6 Å². The number of allylic oxidation sites excluding steroid dienone is 1. The minimum absolute atomic E-state index is 0.291. The van der Waals surface area contributed by atoms with Gasteiger partial charge in [-0.15, -0.1) is 0 Å². The minimum atomic E-state index is -2.99. The van der Waals surface area contributed by atoms with Crippen LogP contribution in [0.2, 0.25) is 0 Å². The number of aromatic nitrogens is 1. The summed E-state index contributed by atoms with van der Waals surface area (Å²) in [5.74, 6) is -2.23. The Morgan fingerprint density at radius 2 is 2.24 bits per heavy atom. The van der Waals surface area contributed by atoms with Crippen molar-refractivity contribution < 1.29 is 18.3 Å². The molecule has 21 heavy (non-hydrogen) atoms. The first-order chi connectivity index (χ1) is 9.90. The quantitative estimate of drug-likeness (QED) is 0.571. The average molecular weight is 299 g/mol. The maximum absolute atomic E-state index is 12.5. The maximum Gasteiger partial charge on any atom is 0.264 e. The van der Waals surface area contributed by atoms with E-state index in [1.807, 2.05) is 6.92 Å². The summed E-state index contributed by atoms with van der Waals surface area (Å²) in [5.41, 5.74) is 0. The Balaban J connectivity index is 2.29. The summed E-state index contributed by atoms with van der Waals surface area (Å²) in [7, 11) is 0. The Bertz CT molecular complexity index is 487. The van der Waals surface area contributed by atoms with Crippen molar-refractivity contribution in [1.82, 2.24) is 10.3 Å². The van der Waals surface area contributed by atoms with Crippen LogP contribution in [0.5, 0.6) is 5.75 Å². The lowest BCUT2D eigenvalue weighted by molar-refractivity contribution is -0.116. The Morgan fingerprint density at radius 1 is 1.48 bits per heavy atom. The van der Waals surface area contributed by atoms with Crippen LogP contribution in [-0.2, 0) is 4.79 Å². The summed E-state index contributed by atoms with van der Waals surface area (Å²) in [4.78, 5) is 15.3. The van der Waals surface area contributed by atoms with E-state index in [2.05, 4.69) is 15.6 Å². The van der Waals surface area contributed by atoms with Crippen molar-refractivity contribution in [2.24, 2.45) is 0 Å². The molecule has 0 aliphatic rings. The molecule has 2 N–H and O–H groups in total. The van der Waals surface area contributed by atoms with Gasteiger partial charge in [0.15, 0.2) is 0 Å². The number of halogens is 2. The van der Waals surface area contributed by atoms with Gasteiger partial charge in [0.2, 0.25) is 5.91 Å².